The van der Waals surface area contributed by atoms with Gasteiger partial charge in [0.1, 0.15) is 18.8 Å². The summed E-state index contributed by atoms with van der Waals surface area (Å²) in [5.41, 5.74) is 0.745. The van der Waals surface area contributed by atoms with Crippen molar-refractivity contribution < 1.29 is 19.1 Å². The van der Waals surface area contributed by atoms with Gasteiger partial charge in [-0.25, -0.2) is 9.59 Å². The Balaban J connectivity index is 2.27. The van der Waals surface area contributed by atoms with Gasteiger partial charge in [0, 0.05) is 11.8 Å². The normalized spacial score (nSPS) is 15.8. The maximum absolute atomic E-state index is 11.2. The van der Waals surface area contributed by atoms with Crippen LogP contribution in [0.4, 0.5) is 5.69 Å². The van der Waals surface area contributed by atoms with Gasteiger partial charge in [-0.15, -0.1) is 0 Å². The summed E-state index contributed by atoms with van der Waals surface area (Å²) in [5.74, 6) is -0.430. The number of methoxy groups -OCH3 is 1. The molecule has 1 aromatic rings. The van der Waals surface area contributed by atoms with E-state index in [-0.39, 0.29) is 13.1 Å². The SMILES string of the molecule is COc1cc(N2CC(=O)OC(=O)C2)ccc1Br. The summed E-state index contributed by atoms with van der Waals surface area (Å²) in [6, 6.07) is 5.37. The topological polar surface area (TPSA) is 55.8 Å². The van der Waals surface area contributed by atoms with Crippen molar-refractivity contribution in [3.05, 3.63) is 22.7 Å². The van der Waals surface area contributed by atoms with Crippen molar-refractivity contribution in [1.29, 1.82) is 0 Å². The van der Waals surface area contributed by atoms with Crippen LogP contribution in [-0.4, -0.2) is 32.1 Å². The first-order chi connectivity index (χ1) is 8.10. The Labute approximate surface area is 106 Å². The minimum Gasteiger partial charge on any atom is -0.495 e. The van der Waals surface area contributed by atoms with E-state index in [9.17, 15) is 9.59 Å². The molecule has 1 fully saturated rings. The number of carbonyl (C=O) groups is 2. The Kier molecular flexibility index (Phi) is 3.33. The van der Waals surface area contributed by atoms with Crippen LogP contribution in [0.15, 0.2) is 22.7 Å². The molecule has 0 atom stereocenters. The maximum Gasteiger partial charge on any atom is 0.333 e. The average molecular weight is 300 g/mol. The summed E-state index contributed by atoms with van der Waals surface area (Å²) in [6.07, 6.45) is 0. The lowest BCUT2D eigenvalue weighted by Crippen LogP contribution is -2.42. The fraction of sp³-hybridized carbons (Fsp3) is 0.273. The molecule has 0 amide bonds. The largest absolute Gasteiger partial charge is 0.495 e. The zero-order valence-corrected chi connectivity index (χ0v) is 10.7. The second kappa shape index (κ2) is 4.75. The summed E-state index contributed by atoms with van der Waals surface area (Å²) in [5, 5.41) is 0. The van der Waals surface area contributed by atoms with Gasteiger partial charge in [0.05, 0.1) is 11.6 Å². The Morgan fingerprint density at radius 2 is 1.94 bits per heavy atom. The molecule has 0 unspecified atom stereocenters. The predicted octanol–water partition coefficient (Wildman–Crippen LogP) is 1.35. The fourth-order valence-corrected chi connectivity index (χ4v) is 2.00. The number of morpholine rings is 1. The summed E-state index contributed by atoms with van der Waals surface area (Å²) in [7, 11) is 1.56. The van der Waals surface area contributed by atoms with Gasteiger partial charge >= 0.3 is 11.9 Å². The first-order valence-electron chi connectivity index (χ1n) is 4.92. The van der Waals surface area contributed by atoms with Crippen LogP contribution in [-0.2, 0) is 14.3 Å². The second-order valence-corrected chi connectivity index (χ2v) is 4.38. The van der Waals surface area contributed by atoms with Crippen LogP contribution in [0.5, 0.6) is 5.75 Å². The van der Waals surface area contributed by atoms with Crippen molar-refractivity contribution in [3.8, 4) is 5.75 Å². The van der Waals surface area contributed by atoms with Crippen molar-refractivity contribution in [2.45, 2.75) is 0 Å². The van der Waals surface area contributed by atoms with Crippen molar-refractivity contribution >= 4 is 33.6 Å². The molecular formula is C11H10BrNO4. The lowest BCUT2D eigenvalue weighted by Gasteiger charge is -2.26. The number of anilines is 1. The average Bonchev–Trinajstić information content (AvgIpc) is 2.28. The van der Waals surface area contributed by atoms with Crippen molar-refractivity contribution in [2.24, 2.45) is 0 Å². The van der Waals surface area contributed by atoms with Crippen LogP contribution < -0.4 is 9.64 Å². The Hall–Kier alpha value is -1.56. The van der Waals surface area contributed by atoms with Gasteiger partial charge in [-0.1, -0.05) is 0 Å². The molecule has 17 heavy (non-hydrogen) atoms. The number of esters is 2. The molecule has 1 saturated heterocycles. The molecular weight excluding hydrogens is 290 g/mol. The Morgan fingerprint density at radius 1 is 1.29 bits per heavy atom. The highest BCUT2D eigenvalue weighted by molar-refractivity contribution is 9.10. The van der Waals surface area contributed by atoms with E-state index in [4.69, 9.17) is 4.74 Å². The molecule has 90 valence electrons. The molecule has 0 saturated carbocycles. The lowest BCUT2D eigenvalue weighted by atomic mass is 10.2. The van der Waals surface area contributed by atoms with E-state index in [2.05, 4.69) is 20.7 Å². The van der Waals surface area contributed by atoms with Gasteiger partial charge in [-0.05, 0) is 28.1 Å². The number of ether oxygens (including phenoxy) is 2. The fourth-order valence-electron chi connectivity index (χ4n) is 1.59. The zero-order chi connectivity index (χ0) is 12.4. The summed E-state index contributed by atoms with van der Waals surface area (Å²) in [4.78, 5) is 23.9. The number of carbonyl (C=O) groups excluding carboxylic acids is 2. The molecule has 1 aliphatic rings. The molecule has 1 aliphatic heterocycles. The van der Waals surface area contributed by atoms with Gasteiger partial charge in [0.2, 0.25) is 0 Å². The molecule has 0 aliphatic carbocycles. The van der Waals surface area contributed by atoms with Crippen molar-refractivity contribution in [3.63, 3.8) is 0 Å². The molecule has 6 heteroatoms. The Bertz CT molecular complexity index is 459. The highest BCUT2D eigenvalue weighted by atomic mass is 79.9. The van der Waals surface area contributed by atoms with Crippen molar-refractivity contribution in [2.75, 3.05) is 25.1 Å². The first kappa shape index (κ1) is 11.9. The van der Waals surface area contributed by atoms with E-state index in [0.717, 1.165) is 10.2 Å². The van der Waals surface area contributed by atoms with Gasteiger partial charge in [0.25, 0.3) is 0 Å². The minimum atomic E-state index is -0.539. The lowest BCUT2D eigenvalue weighted by molar-refractivity contribution is -0.160. The molecule has 1 aromatic carbocycles. The number of cyclic esters (lactones) is 2. The molecule has 5 nitrogen and oxygen atoms in total. The smallest absolute Gasteiger partial charge is 0.333 e. The standard InChI is InChI=1S/C11H10BrNO4/c1-16-9-4-7(2-3-8(9)12)13-5-10(14)17-11(15)6-13/h2-4H,5-6H2,1H3. The summed E-state index contributed by atoms with van der Waals surface area (Å²) < 4.78 is 10.4. The molecule has 1 heterocycles. The van der Waals surface area contributed by atoms with Crippen LogP contribution in [0.1, 0.15) is 0 Å². The molecule has 0 radical (unpaired) electrons. The van der Waals surface area contributed by atoms with Gasteiger partial charge < -0.3 is 14.4 Å². The maximum atomic E-state index is 11.2. The van der Waals surface area contributed by atoms with E-state index in [0.29, 0.717) is 5.75 Å². The summed E-state index contributed by atoms with van der Waals surface area (Å²) >= 11 is 3.34. The predicted molar refractivity (Wildman–Crippen MR) is 64.0 cm³/mol. The number of nitrogens with zero attached hydrogens (tertiary/aromatic N) is 1. The third-order valence-corrected chi connectivity index (χ3v) is 3.02. The molecule has 0 spiro atoms. The van der Waals surface area contributed by atoms with Crippen molar-refractivity contribution in [1.82, 2.24) is 0 Å². The number of benzene rings is 1. The number of hydrogen-bond acceptors (Lipinski definition) is 5. The highest BCUT2D eigenvalue weighted by Gasteiger charge is 2.25. The molecule has 0 aromatic heterocycles. The Morgan fingerprint density at radius 3 is 2.53 bits per heavy atom. The zero-order valence-electron chi connectivity index (χ0n) is 9.10. The van der Waals surface area contributed by atoms with Crippen LogP contribution in [0, 0.1) is 0 Å². The molecule has 0 bridgehead atoms. The number of halogens is 1. The third-order valence-electron chi connectivity index (χ3n) is 2.37. The van der Waals surface area contributed by atoms with E-state index < -0.39 is 11.9 Å². The van der Waals surface area contributed by atoms with E-state index >= 15 is 0 Å². The van der Waals surface area contributed by atoms with E-state index in [1.54, 1.807) is 30.2 Å². The summed E-state index contributed by atoms with van der Waals surface area (Å²) in [6.45, 7) is 0.132. The second-order valence-electron chi connectivity index (χ2n) is 3.52. The van der Waals surface area contributed by atoms with Crippen LogP contribution >= 0.6 is 15.9 Å². The van der Waals surface area contributed by atoms with Gasteiger partial charge in [-0.3, -0.25) is 0 Å². The van der Waals surface area contributed by atoms with Gasteiger partial charge in [-0.2, -0.15) is 0 Å². The number of hydrogen-bond donors (Lipinski definition) is 0. The van der Waals surface area contributed by atoms with Gasteiger partial charge in [0.15, 0.2) is 0 Å². The quantitative estimate of drug-likeness (QED) is 0.609. The third kappa shape index (κ3) is 2.58. The van der Waals surface area contributed by atoms with Crippen LogP contribution in [0.25, 0.3) is 0 Å². The molecule has 2 rings (SSSR count). The van der Waals surface area contributed by atoms with E-state index in [1.165, 1.54) is 0 Å². The van der Waals surface area contributed by atoms with Crippen LogP contribution in [0.2, 0.25) is 0 Å². The van der Waals surface area contributed by atoms with Crippen LogP contribution in [0.3, 0.4) is 0 Å². The first-order valence-corrected chi connectivity index (χ1v) is 5.71. The monoisotopic (exact) mass is 299 g/mol. The minimum absolute atomic E-state index is 0.0660. The number of rotatable bonds is 2. The molecule has 0 N–H and O–H groups in total. The highest BCUT2D eigenvalue weighted by Crippen LogP contribution is 2.30. The van der Waals surface area contributed by atoms with E-state index in [1.807, 2.05) is 0 Å².